The fourth-order valence-corrected chi connectivity index (χ4v) is 2.03. The molecule has 5 heteroatoms. The van der Waals surface area contributed by atoms with Gasteiger partial charge in [0.2, 0.25) is 5.91 Å². The van der Waals surface area contributed by atoms with Gasteiger partial charge in [-0.25, -0.2) is 0 Å². The highest BCUT2D eigenvalue weighted by molar-refractivity contribution is 5.94. The summed E-state index contributed by atoms with van der Waals surface area (Å²) in [4.78, 5) is 14.2. The van der Waals surface area contributed by atoms with Crippen molar-refractivity contribution in [2.75, 3.05) is 12.4 Å². The first-order valence-electron chi connectivity index (χ1n) is 7.06. The van der Waals surface area contributed by atoms with Crippen molar-refractivity contribution in [3.05, 3.63) is 53.5 Å². The van der Waals surface area contributed by atoms with Gasteiger partial charge in [-0.05, 0) is 57.3 Å². The average Bonchev–Trinajstić information content (AvgIpc) is 2.92. The van der Waals surface area contributed by atoms with Crippen LogP contribution in [0.4, 0.5) is 5.69 Å². The van der Waals surface area contributed by atoms with Gasteiger partial charge in [-0.15, -0.1) is 0 Å². The molecule has 0 saturated carbocycles. The highest BCUT2D eigenvalue weighted by Gasteiger charge is 2.19. The van der Waals surface area contributed by atoms with E-state index in [0.717, 1.165) is 11.5 Å². The molecule has 1 unspecified atom stereocenters. The lowest BCUT2D eigenvalue weighted by Crippen LogP contribution is -2.39. The third-order valence-corrected chi connectivity index (χ3v) is 3.52. The molecule has 1 aromatic heterocycles. The highest BCUT2D eigenvalue weighted by Crippen LogP contribution is 2.13. The Morgan fingerprint density at radius 2 is 2.00 bits per heavy atom. The molecule has 1 aromatic carbocycles. The molecule has 1 atom stereocenters. The van der Waals surface area contributed by atoms with Gasteiger partial charge in [-0.3, -0.25) is 9.69 Å². The topological polar surface area (TPSA) is 69.3 Å². The molecular formula is C17H19N3O2. The van der Waals surface area contributed by atoms with Gasteiger partial charge in [-0.2, -0.15) is 5.26 Å². The second-order valence-corrected chi connectivity index (χ2v) is 5.28. The third-order valence-electron chi connectivity index (χ3n) is 3.52. The molecule has 0 bridgehead atoms. The van der Waals surface area contributed by atoms with Gasteiger partial charge in [-0.1, -0.05) is 0 Å². The zero-order valence-electron chi connectivity index (χ0n) is 13.0. The molecule has 114 valence electrons. The van der Waals surface area contributed by atoms with Crippen LogP contribution in [0.5, 0.6) is 0 Å². The van der Waals surface area contributed by atoms with E-state index in [2.05, 4.69) is 5.32 Å². The molecule has 5 nitrogen and oxygen atoms in total. The molecule has 0 saturated heterocycles. The third kappa shape index (κ3) is 3.96. The summed E-state index contributed by atoms with van der Waals surface area (Å²) in [6.45, 7) is 4.30. The van der Waals surface area contributed by atoms with E-state index in [-0.39, 0.29) is 11.9 Å². The van der Waals surface area contributed by atoms with Gasteiger partial charge < -0.3 is 9.73 Å². The smallest absolute Gasteiger partial charge is 0.241 e. The summed E-state index contributed by atoms with van der Waals surface area (Å²) in [6.07, 6.45) is 0. The van der Waals surface area contributed by atoms with E-state index in [1.807, 2.05) is 44.0 Å². The second kappa shape index (κ2) is 6.92. The fraction of sp³-hybridized carbons (Fsp3) is 0.294. The number of benzene rings is 1. The maximum Gasteiger partial charge on any atom is 0.241 e. The largest absolute Gasteiger partial charge is 0.465 e. The van der Waals surface area contributed by atoms with Crippen molar-refractivity contribution in [1.29, 1.82) is 5.26 Å². The number of nitrogens with one attached hydrogen (secondary N) is 1. The summed E-state index contributed by atoms with van der Waals surface area (Å²) in [7, 11) is 1.88. The summed E-state index contributed by atoms with van der Waals surface area (Å²) in [5.74, 6) is 1.59. The number of nitriles is 1. The molecule has 1 heterocycles. The molecule has 0 aliphatic rings. The molecule has 2 rings (SSSR count). The zero-order chi connectivity index (χ0) is 16.1. The normalized spacial score (nSPS) is 12.0. The van der Waals surface area contributed by atoms with E-state index < -0.39 is 0 Å². The maximum absolute atomic E-state index is 12.3. The first kappa shape index (κ1) is 15.8. The van der Waals surface area contributed by atoms with Crippen LogP contribution in [-0.4, -0.2) is 23.9 Å². The van der Waals surface area contributed by atoms with Crippen molar-refractivity contribution in [1.82, 2.24) is 4.90 Å². The van der Waals surface area contributed by atoms with Gasteiger partial charge in [0, 0.05) is 5.69 Å². The fourth-order valence-electron chi connectivity index (χ4n) is 2.03. The predicted octanol–water partition coefficient (Wildman–Crippen LogP) is 2.92. The van der Waals surface area contributed by atoms with Crippen molar-refractivity contribution in [2.24, 2.45) is 0 Å². The Kier molecular flexibility index (Phi) is 4.97. The van der Waals surface area contributed by atoms with Gasteiger partial charge in [0.1, 0.15) is 11.5 Å². The summed E-state index contributed by atoms with van der Waals surface area (Å²) in [5.41, 5.74) is 1.24. The molecule has 1 N–H and O–H groups in total. The number of carbonyl (C=O) groups is 1. The van der Waals surface area contributed by atoms with Crippen LogP contribution in [0, 0.1) is 18.3 Å². The summed E-state index contributed by atoms with van der Waals surface area (Å²) >= 11 is 0. The van der Waals surface area contributed by atoms with E-state index in [1.165, 1.54) is 0 Å². The van der Waals surface area contributed by atoms with Gasteiger partial charge in [0.05, 0.1) is 24.2 Å². The van der Waals surface area contributed by atoms with Crippen LogP contribution < -0.4 is 5.32 Å². The first-order valence-corrected chi connectivity index (χ1v) is 7.06. The lowest BCUT2D eigenvalue weighted by atomic mass is 10.2. The number of furan rings is 1. The van der Waals surface area contributed by atoms with Crippen LogP contribution in [-0.2, 0) is 11.3 Å². The van der Waals surface area contributed by atoms with Crippen molar-refractivity contribution < 1.29 is 9.21 Å². The number of rotatable bonds is 5. The van der Waals surface area contributed by atoms with Gasteiger partial charge in [0.15, 0.2) is 0 Å². The SMILES string of the molecule is Cc1ccc(CN(C)C(C)C(=O)Nc2ccc(C#N)cc2)o1. The van der Waals surface area contributed by atoms with Crippen molar-refractivity contribution >= 4 is 11.6 Å². The number of hydrogen-bond donors (Lipinski definition) is 1. The molecule has 0 spiro atoms. The van der Waals surface area contributed by atoms with Crippen LogP contribution in [0.2, 0.25) is 0 Å². The number of aryl methyl sites for hydroxylation is 1. The Morgan fingerprint density at radius 1 is 1.32 bits per heavy atom. The lowest BCUT2D eigenvalue weighted by Gasteiger charge is -2.22. The highest BCUT2D eigenvalue weighted by atomic mass is 16.3. The first-order chi connectivity index (χ1) is 10.5. The zero-order valence-corrected chi connectivity index (χ0v) is 13.0. The Morgan fingerprint density at radius 3 is 2.55 bits per heavy atom. The number of anilines is 1. The van der Waals surface area contributed by atoms with E-state index >= 15 is 0 Å². The van der Waals surface area contributed by atoms with Crippen molar-refractivity contribution in [3.63, 3.8) is 0 Å². The van der Waals surface area contributed by atoms with Crippen LogP contribution >= 0.6 is 0 Å². The number of nitrogens with zero attached hydrogens (tertiary/aromatic N) is 2. The predicted molar refractivity (Wildman–Crippen MR) is 84.2 cm³/mol. The van der Waals surface area contributed by atoms with Gasteiger partial charge in [0.25, 0.3) is 0 Å². The Hall–Kier alpha value is -2.58. The monoisotopic (exact) mass is 297 g/mol. The summed E-state index contributed by atoms with van der Waals surface area (Å²) in [6, 6.07) is 12.4. The minimum Gasteiger partial charge on any atom is -0.465 e. The lowest BCUT2D eigenvalue weighted by molar-refractivity contribution is -0.120. The number of amides is 1. The summed E-state index contributed by atoms with van der Waals surface area (Å²) in [5, 5.41) is 11.6. The Bertz CT molecular complexity index is 683. The molecule has 0 fully saturated rings. The van der Waals surface area contributed by atoms with Crippen molar-refractivity contribution in [2.45, 2.75) is 26.4 Å². The van der Waals surface area contributed by atoms with E-state index in [4.69, 9.17) is 9.68 Å². The van der Waals surface area contributed by atoms with Crippen LogP contribution in [0.15, 0.2) is 40.8 Å². The standard InChI is InChI=1S/C17H19N3O2/c1-12-4-9-16(22-12)11-20(3)13(2)17(21)19-15-7-5-14(10-18)6-8-15/h4-9,13H,11H2,1-3H3,(H,19,21). The number of carbonyl (C=O) groups excluding carboxylic acids is 1. The van der Waals surface area contributed by atoms with Crippen molar-refractivity contribution in [3.8, 4) is 6.07 Å². The number of hydrogen-bond acceptors (Lipinski definition) is 4. The summed E-state index contributed by atoms with van der Waals surface area (Å²) < 4.78 is 5.52. The Labute approximate surface area is 130 Å². The van der Waals surface area contributed by atoms with E-state index in [9.17, 15) is 4.79 Å². The molecule has 0 aliphatic carbocycles. The van der Waals surface area contributed by atoms with E-state index in [1.54, 1.807) is 24.3 Å². The van der Waals surface area contributed by atoms with Crippen LogP contribution in [0.1, 0.15) is 24.0 Å². The quantitative estimate of drug-likeness (QED) is 0.921. The number of likely N-dealkylation sites (N-methyl/N-ethyl adjacent to an activating group) is 1. The molecule has 2 aromatic rings. The van der Waals surface area contributed by atoms with Crippen LogP contribution in [0.25, 0.3) is 0 Å². The minimum absolute atomic E-state index is 0.101. The van der Waals surface area contributed by atoms with Gasteiger partial charge >= 0.3 is 0 Å². The Balaban J connectivity index is 1.94. The molecule has 0 radical (unpaired) electrons. The average molecular weight is 297 g/mol. The maximum atomic E-state index is 12.3. The van der Waals surface area contributed by atoms with Crippen LogP contribution in [0.3, 0.4) is 0 Å². The second-order valence-electron chi connectivity index (χ2n) is 5.28. The molecule has 22 heavy (non-hydrogen) atoms. The molecular weight excluding hydrogens is 278 g/mol. The minimum atomic E-state index is -0.305. The molecule has 1 amide bonds. The van der Waals surface area contributed by atoms with E-state index in [0.29, 0.717) is 17.8 Å². The molecule has 0 aliphatic heterocycles.